The molecular formula is C11H13ClN2O5. The van der Waals surface area contributed by atoms with Gasteiger partial charge in [-0.05, 0) is 12.1 Å². The summed E-state index contributed by atoms with van der Waals surface area (Å²) in [5.74, 6) is -0.545. The summed E-state index contributed by atoms with van der Waals surface area (Å²) in [7, 11) is 1.43. The Morgan fingerprint density at radius 2 is 2.32 bits per heavy atom. The van der Waals surface area contributed by atoms with Gasteiger partial charge in [-0.1, -0.05) is 11.6 Å². The van der Waals surface area contributed by atoms with Gasteiger partial charge >= 0.3 is 0 Å². The van der Waals surface area contributed by atoms with Gasteiger partial charge in [0.1, 0.15) is 5.02 Å². The molecule has 104 valence electrons. The Hall–Kier alpha value is -1.70. The number of aliphatic hydroxyl groups is 1. The average molecular weight is 289 g/mol. The van der Waals surface area contributed by atoms with Gasteiger partial charge in [-0.15, -0.1) is 0 Å². The molecule has 0 saturated carbocycles. The van der Waals surface area contributed by atoms with Crippen LogP contribution in [0, 0.1) is 10.1 Å². The molecule has 0 aliphatic heterocycles. The summed E-state index contributed by atoms with van der Waals surface area (Å²) in [6.07, 6.45) is 0. The number of carbonyl (C=O) groups excluding carboxylic acids is 1. The van der Waals surface area contributed by atoms with Crippen molar-refractivity contribution in [3.05, 3.63) is 38.9 Å². The highest BCUT2D eigenvalue weighted by Crippen LogP contribution is 2.24. The number of benzene rings is 1. The second-order valence-corrected chi connectivity index (χ2v) is 4.14. The average Bonchev–Trinajstić information content (AvgIpc) is 2.38. The Bertz CT molecular complexity index is 480. The molecule has 1 atom stereocenters. The lowest BCUT2D eigenvalue weighted by molar-refractivity contribution is -0.384. The van der Waals surface area contributed by atoms with Crippen LogP contribution in [-0.4, -0.2) is 42.3 Å². The van der Waals surface area contributed by atoms with Gasteiger partial charge in [-0.3, -0.25) is 14.9 Å². The maximum Gasteiger partial charge on any atom is 0.288 e. The summed E-state index contributed by atoms with van der Waals surface area (Å²) >= 11 is 5.65. The molecule has 0 aromatic heterocycles. The molecule has 7 nitrogen and oxygen atoms in total. The maximum absolute atomic E-state index is 11.8. The predicted molar refractivity (Wildman–Crippen MR) is 68.3 cm³/mol. The molecule has 0 aliphatic rings. The number of methoxy groups -OCH3 is 1. The number of nitro benzene ring substituents is 1. The molecule has 1 amide bonds. The lowest BCUT2D eigenvalue weighted by atomic mass is 10.1. The SMILES string of the molecule is COCC(CO)NC(=O)c1ccc(Cl)c([N+](=O)[O-])c1. The number of hydrogen-bond donors (Lipinski definition) is 2. The van der Waals surface area contributed by atoms with Crippen LogP contribution in [0.5, 0.6) is 0 Å². The van der Waals surface area contributed by atoms with Gasteiger partial charge in [0.05, 0.1) is 24.2 Å². The Balaban J connectivity index is 2.88. The van der Waals surface area contributed by atoms with Crippen molar-refractivity contribution in [1.82, 2.24) is 5.32 Å². The number of halogens is 1. The molecule has 0 bridgehead atoms. The van der Waals surface area contributed by atoms with Crippen LogP contribution in [0.4, 0.5) is 5.69 Å². The molecule has 0 fully saturated rings. The minimum absolute atomic E-state index is 0.0443. The van der Waals surface area contributed by atoms with Crippen molar-refractivity contribution >= 4 is 23.2 Å². The van der Waals surface area contributed by atoms with Crippen LogP contribution < -0.4 is 5.32 Å². The smallest absolute Gasteiger partial charge is 0.288 e. The van der Waals surface area contributed by atoms with E-state index in [2.05, 4.69) is 5.32 Å². The van der Waals surface area contributed by atoms with Gasteiger partial charge in [0.25, 0.3) is 11.6 Å². The van der Waals surface area contributed by atoms with Crippen molar-refractivity contribution in [3.8, 4) is 0 Å². The standard InChI is InChI=1S/C11H13ClN2O5/c1-19-6-8(5-15)13-11(16)7-2-3-9(12)10(4-7)14(17)18/h2-4,8,15H,5-6H2,1H3,(H,13,16). The summed E-state index contributed by atoms with van der Waals surface area (Å²) < 4.78 is 4.81. The van der Waals surface area contributed by atoms with E-state index in [4.69, 9.17) is 21.4 Å². The zero-order chi connectivity index (χ0) is 14.4. The highest BCUT2D eigenvalue weighted by molar-refractivity contribution is 6.32. The van der Waals surface area contributed by atoms with Crippen molar-refractivity contribution in [2.45, 2.75) is 6.04 Å². The van der Waals surface area contributed by atoms with Crippen molar-refractivity contribution in [3.63, 3.8) is 0 Å². The minimum Gasteiger partial charge on any atom is -0.394 e. The summed E-state index contributed by atoms with van der Waals surface area (Å²) in [6.45, 7) is -0.160. The highest BCUT2D eigenvalue weighted by Gasteiger charge is 2.18. The van der Waals surface area contributed by atoms with Crippen molar-refractivity contribution < 1.29 is 19.6 Å². The fourth-order valence-electron chi connectivity index (χ4n) is 1.40. The fraction of sp³-hybridized carbons (Fsp3) is 0.364. The molecule has 1 aromatic rings. The molecule has 8 heteroatoms. The first-order chi connectivity index (χ1) is 8.99. The molecule has 19 heavy (non-hydrogen) atoms. The van der Waals surface area contributed by atoms with Gasteiger partial charge < -0.3 is 15.2 Å². The summed E-state index contributed by atoms with van der Waals surface area (Å²) in [5, 5.41) is 22.2. The first kappa shape index (κ1) is 15.4. The third-order valence-corrected chi connectivity index (χ3v) is 2.65. The second kappa shape index (κ2) is 7.03. The second-order valence-electron chi connectivity index (χ2n) is 3.73. The lowest BCUT2D eigenvalue weighted by Crippen LogP contribution is -2.40. The van der Waals surface area contributed by atoms with Gasteiger partial charge in [-0.2, -0.15) is 0 Å². The third-order valence-electron chi connectivity index (χ3n) is 2.33. The first-order valence-electron chi connectivity index (χ1n) is 5.34. The number of carbonyl (C=O) groups is 1. The molecule has 0 spiro atoms. The number of rotatable bonds is 6. The van der Waals surface area contributed by atoms with Crippen molar-refractivity contribution in [2.75, 3.05) is 20.3 Å². The number of ether oxygens (including phenoxy) is 1. The van der Waals surface area contributed by atoms with Gasteiger partial charge in [0, 0.05) is 18.7 Å². The molecule has 2 N–H and O–H groups in total. The van der Waals surface area contributed by atoms with E-state index in [1.165, 1.54) is 19.2 Å². The van der Waals surface area contributed by atoms with Gasteiger partial charge in [0.2, 0.25) is 0 Å². The van der Waals surface area contributed by atoms with E-state index in [0.717, 1.165) is 6.07 Å². The molecule has 0 aliphatic carbocycles. The van der Waals surface area contributed by atoms with Crippen LogP contribution >= 0.6 is 11.6 Å². The molecule has 1 aromatic carbocycles. The fourth-order valence-corrected chi connectivity index (χ4v) is 1.59. The number of aliphatic hydroxyl groups excluding tert-OH is 1. The normalized spacial score (nSPS) is 11.9. The van der Waals surface area contributed by atoms with Crippen LogP contribution in [0.1, 0.15) is 10.4 Å². The van der Waals surface area contributed by atoms with E-state index in [9.17, 15) is 14.9 Å². The van der Waals surface area contributed by atoms with Crippen molar-refractivity contribution in [2.24, 2.45) is 0 Å². The molecule has 0 saturated heterocycles. The van der Waals surface area contributed by atoms with Gasteiger partial charge in [-0.25, -0.2) is 0 Å². The van der Waals surface area contributed by atoms with Crippen molar-refractivity contribution in [1.29, 1.82) is 0 Å². The number of hydrogen-bond acceptors (Lipinski definition) is 5. The zero-order valence-electron chi connectivity index (χ0n) is 10.1. The maximum atomic E-state index is 11.8. The van der Waals surface area contributed by atoms with E-state index in [0.29, 0.717) is 0 Å². The van der Waals surface area contributed by atoms with Crippen LogP contribution in [-0.2, 0) is 4.74 Å². The number of nitrogens with zero attached hydrogens (tertiary/aromatic N) is 1. The highest BCUT2D eigenvalue weighted by atomic mass is 35.5. The van der Waals surface area contributed by atoms with Crippen LogP contribution in [0.15, 0.2) is 18.2 Å². The Morgan fingerprint density at radius 1 is 1.63 bits per heavy atom. The van der Waals surface area contributed by atoms with Crippen LogP contribution in [0.2, 0.25) is 5.02 Å². The molecule has 0 radical (unpaired) electrons. The lowest BCUT2D eigenvalue weighted by Gasteiger charge is -2.15. The summed E-state index contributed by atoms with van der Waals surface area (Å²) in [6, 6.07) is 3.15. The number of amides is 1. The summed E-state index contributed by atoms with van der Waals surface area (Å²) in [4.78, 5) is 21.9. The van der Waals surface area contributed by atoms with E-state index in [1.807, 2.05) is 0 Å². The predicted octanol–water partition coefficient (Wildman–Crippen LogP) is 0.985. The molecular weight excluding hydrogens is 276 g/mol. The Labute approximate surface area is 114 Å². The Morgan fingerprint density at radius 3 is 2.84 bits per heavy atom. The van der Waals surface area contributed by atoms with Crippen LogP contribution in [0.3, 0.4) is 0 Å². The monoisotopic (exact) mass is 288 g/mol. The number of nitrogens with one attached hydrogen (secondary N) is 1. The largest absolute Gasteiger partial charge is 0.394 e. The molecule has 0 heterocycles. The molecule has 1 unspecified atom stereocenters. The van der Waals surface area contributed by atoms with Crippen LogP contribution in [0.25, 0.3) is 0 Å². The quantitative estimate of drug-likeness (QED) is 0.600. The Kier molecular flexibility index (Phi) is 5.68. The minimum atomic E-state index is -0.669. The topological polar surface area (TPSA) is 102 Å². The third kappa shape index (κ3) is 4.16. The van der Waals surface area contributed by atoms with Gasteiger partial charge in [0.15, 0.2) is 0 Å². The van der Waals surface area contributed by atoms with E-state index in [1.54, 1.807) is 0 Å². The summed E-state index contributed by atoms with van der Waals surface area (Å²) in [5.41, 5.74) is -0.257. The molecule has 1 rings (SSSR count). The van der Waals surface area contributed by atoms with E-state index in [-0.39, 0.29) is 29.5 Å². The first-order valence-corrected chi connectivity index (χ1v) is 5.72. The van der Waals surface area contributed by atoms with E-state index < -0.39 is 16.9 Å². The zero-order valence-corrected chi connectivity index (χ0v) is 10.9. The van der Waals surface area contributed by atoms with E-state index >= 15 is 0 Å². The number of nitro groups is 1.